The summed E-state index contributed by atoms with van der Waals surface area (Å²) in [6.45, 7) is 2.02. The topological polar surface area (TPSA) is 17.1 Å². The number of thioether (sulfide) groups is 1. The molecule has 0 fully saturated rings. The second-order valence-corrected chi connectivity index (χ2v) is 6.46. The highest BCUT2D eigenvalue weighted by Crippen LogP contribution is 2.22. The number of carbonyl (C=O) groups excluding carboxylic acids is 1. The number of ketones is 1. The number of rotatable bonds is 5. The fourth-order valence-corrected chi connectivity index (χ4v) is 3.07. The molecule has 0 spiro atoms. The Bertz CT molecular complexity index is 628. The molecule has 4 heteroatoms. The van der Waals surface area contributed by atoms with E-state index in [0.717, 1.165) is 9.37 Å². The molecule has 0 saturated heterocycles. The predicted molar refractivity (Wildman–Crippen MR) is 84.7 cm³/mol. The van der Waals surface area contributed by atoms with Crippen molar-refractivity contribution in [3.8, 4) is 0 Å². The van der Waals surface area contributed by atoms with Crippen molar-refractivity contribution in [2.24, 2.45) is 0 Å². The van der Waals surface area contributed by atoms with E-state index in [1.165, 1.54) is 29.5 Å². The van der Waals surface area contributed by atoms with E-state index in [1.807, 2.05) is 25.1 Å². The summed E-state index contributed by atoms with van der Waals surface area (Å²) in [4.78, 5) is 13.1. The van der Waals surface area contributed by atoms with Crippen LogP contribution in [0.5, 0.6) is 0 Å². The van der Waals surface area contributed by atoms with Crippen molar-refractivity contribution in [1.29, 1.82) is 0 Å². The molecule has 0 aliphatic carbocycles. The van der Waals surface area contributed by atoms with Gasteiger partial charge in [-0.25, -0.2) is 4.39 Å². The molecule has 0 unspecified atom stereocenters. The van der Waals surface area contributed by atoms with Crippen LogP contribution in [0.1, 0.15) is 11.1 Å². The molecule has 0 radical (unpaired) electrons. The summed E-state index contributed by atoms with van der Waals surface area (Å²) in [7, 11) is 0. The first-order valence-corrected chi connectivity index (χ1v) is 7.97. The van der Waals surface area contributed by atoms with Crippen molar-refractivity contribution >= 4 is 33.5 Å². The Morgan fingerprint density at radius 1 is 1.25 bits per heavy atom. The summed E-state index contributed by atoms with van der Waals surface area (Å²) in [6, 6.07) is 12.4. The van der Waals surface area contributed by atoms with E-state index < -0.39 is 0 Å². The van der Waals surface area contributed by atoms with Gasteiger partial charge in [0.05, 0.1) is 5.75 Å². The lowest BCUT2D eigenvalue weighted by atomic mass is 10.1. The fourth-order valence-electron chi connectivity index (χ4n) is 1.81. The fraction of sp³-hybridized carbons (Fsp3) is 0.188. The maximum atomic E-state index is 13.2. The number of hydrogen-bond acceptors (Lipinski definition) is 2. The van der Waals surface area contributed by atoms with Crippen LogP contribution in [0.15, 0.2) is 51.8 Å². The van der Waals surface area contributed by atoms with Crippen LogP contribution in [0.25, 0.3) is 0 Å². The van der Waals surface area contributed by atoms with Crippen LogP contribution >= 0.6 is 27.7 Å². The first-order chi connectivity index (χ1) is 9.54. The molecule has 0 aliphatic rings. The highest BCUT2D eigenvalue weighted by Gasteiger charge is 2.09. The maximum Gasteiger partial charge on any atom is 0.147 e. The van der Waals surface area contributed by atoms with Gasteiger partial charge in [0, 0.05) is 15.8 Å². The summed E-state index contributed by atoms with van der Waals surface area (Å²) in [5.41, 5.74) is 1.87. The molecule has 0 amide bonds. The van der Waals surface area contributed by atoms with E-state index in [1.54, 1.807) is 6.07 Å². The molecule has 2 aromatic carbocycles. The lowest BCUT2D eigenvalue weighted by molar-refractivity contribution is -0.116. The van der Waals surface area contributed by atoms with Crippen molar-refractivity contribution in [1.82, 2.24) is 0 Å². The average Bonchev–Trinajstić information content (AvgIpc) is 2.41. The molecular weight excluding hydrogens is 339 g/mol. The van der Waals surface area contributed by atoms with Crippen molar-refractivity contribution in [2.45, 2.75) is 18.2 Å². The highest BCUT2D eigenvalue weighted by atomic mass is 79.9. The van der Waals surface area contributed by atoms with Gasteiger partial charge in [0.2, 0.25) is 0 Å². The third kappa shape index (κ3) is 4.46. The van der Waals surface area contributed by atoms with Crippen molar-refractivity contribution in [2.75, 3.05) is 5.75 Å². The quantitative estimate of drug-likeness (QED) is 0.719. The van der Waals surface area contributed by atoms with Crippen molar-refractivity contribution in [3.05, 3.63) is 63.9 Å². The third-order valence-electron chi connectivity index (χ3n) is 2.78. The Kier molecular flexibility index (Phi) is 5.38. The molecule has 0 N–H and O–H groups in total. The van der Waals surface area contributed by atoms with E-state index in [-0.39, 0.29) is 18.0 Å². The molecule has 0 aromatic heterocycles. The van der Waals surface area contributed by atoms with Gasteiger partial charge in [-0.15, -0.1) is 11.8 Å². The summed E-state index contributed by atoms with van der Waals surface area (Å²) in [5, 5.41) is 0. The van der Waals surface area contributed by atoms with E-state index in [2.05, 4.69) is 22.0 Å². The number of hydrogen-bond donors (Lipinski definition) is 0. The largest absolute Gasteiger partial charge is 0.298 e. The molecular formula is C16H14BrFOS. The SMILES string of the molecule is Cc1cccc(SCC(=O)Cc2cc(F)ccc2Br)c1. The van der Waals surface area contributed by atoms with Crippen LogP contribution in [0.3, 0.4) is 0 Å². The number of aryl methyl sites for hydroxylation is 1. The second kappa shape index (κ2) is 7.04. The van der Waals surface area contributed by atoms with Gasteiger partial charge in [-0.3, -0.25) is 4.79 Å². The number of carbonyl (C=O) groups is 1. The van der Waals surface area contributed by atoms with Crippen molar-refractivity contribution < 1.29 is 9.18 Å². The normalized spacial score (nSPS) is 10.6. The van der Waals surface area contributed by atoms with E-state index in [9.17, 15) is 9.18 Å². The minimum Gasteiger partial charge on any atom is -0.298 e. The Morgan fingerprint density at radius 2 is 2.05 bits per heavy atom. The first-order valence-electron chi connectivity index (χ1n) is 6.19. The Labute approximate surface area is 130 Å². The second-order valence-electron chi connectivity index (χ2n) is 4.56. The van der Waals surface area contributed by atoms with Gasteiger partial charge in [-0.1, -0.05) is 33.6 Å². The average molecular weight is 353 g/mol. The van der Waals surface area contributed by atoms with Gasteiger partial charge in [0.15, 0.2) is 0 Å². The standard InChI is InChI=1S/C16H14BrFOS/c1-11-3-2-4-15(7-11)20-10-14(19)9-12-8-13(18)5-6-16(12)17/h2-8H,9-10H2,1H3. The zero-order chi connectivity index (χ0) is 14.5. The highest BCUT2D eigenvalue weighted by molar-refractivity contribution is 9.10. The van der Waals surface area contributed by atoms with Crippen LogP contribution in [-0.4, -0.2) is 11.5 Å². The Hall–Kier alpha value is -1.13. The molecule has 0 bridgehead atoms. The van der Waals surface area contributed by atoms with Crippen LogP contribution < -0.4 is 0 Å². The molecule has 0 saturated carbocycles. The number of benzene rings is 2. The molecule has 0 aliphatic heterocycles. The van der Waals surface area contributed by atoms with Crippen LogP contribution in [0.4, 0.5) is 4.39 Å². The molecule has 0 atom stereocenters. The van der Waals surface area contributed by atoms with Crippen molar-refractivity contribution in [3.63, 3.8) is 0 Å². The predicted octanol–water partition coefficient (Wildman–Crippen LogP) is 4.80. The summed E-state index contributed by atoms with van der Waals surface area (Å²) < 4.78 is 13.9. The Balaban J connectivity index is 1.94. The summed E-state index contributed by atoms with van der Waals surface area (Å²) in [6.07, 6.45) is 0.247. The van der Waals surface area contributed by atoms with Gasteiger partial charge >= 0.3 is 0 Å². The van der Waals surface area contributed by atoms with E-state index in [0.29, 0.717) is 11.3 Å². The summed E-state index contributed by atoms with van der Waals surface area (Å²) in [5.74, 6) is 0.164. The van der Waals surface area contributed by atoms with Gasteiger partial charge in [0.1, 0.15) is 11.6 Å². The molecule has 2 aromatic rings. The van der Waals surface area contributed by atoms with Gasteiger partial charge < -0.3 is 0 Å². The molecule has 104 valence electrons. The zero-order valence-corrected chi connectivity index (χ0v) is 13.4. The zero-order valence-electron chi connectivity index (χ0n) is 11.0. The van der Waals surface area contributed by atoms with Crippen LogP contribution in [0, 0.1) is 12.7 Å². The molecule has 20 heavy (non-hydrogen) atoms. The molecule has 1 nitrogen and oxygen atoms in total. The van der Waals surface area contributed by atoms with Gasteiger partial charge in [0.25, 0.3) is 0 Å². The number of Topliss-reactive ketones (excluding diaryl/α,β-unsaturated/α-hetero) is 1. The van der Waals surface area contributed by atoms with E-state index in [4.69, 9.17) is 0 Å². The van der Waals surface area contributed by atoms with Gasteiger partial charge in [-0.05, 0) is 42.8 Å². The number of halogens is 2. The minimum absolute atomic E-state index is 0.0859. The third-order valence-corrected chi connectivity index (χ3v) is 4.61. The smallest absolute Gasteiger partial charge is 0.147 e. The van der Waals surface area contributed by atoms with Crippen LogP contribution in [0.2, 0.25) is 0 Å². The maximum absolute atomic E-state index is 13.2. The summed E-state index contributed by atoms with van der Waals surface area (Å²) >= 11 is 4.85. The minimum atomic E-state index is -0.317. The first kappa shape index (κ1) is 15.3. The molecule has 0 heterocycles. The van der Waals surface area contributed by atoms with E-state index >= 15 is 0 Å². The lowest BCUT2D eigenvalue weighted by Crippen LogP contribution is -2.06. The van der Waals surface area contributed by atoms with Gasteiger partial charge in [-0.2, -0.15) is 0 Å². The molecule has 2 rings (SSSR count). The Morgan fingerprint density at radius 3 is 2.80 bits per heavy atom. The lowest BCUT2D eigenvalue weighted by Gasteiger charge is -2.05. The van der Waals surface area contributed by atoms with Crippen LogP contribution in [-0.2, 0) is 11.2 Å². The monoisotopic (exact) mass is 352 g/mol.